The van der Waals surface area contributed by atoms with Crippen LogP contribution in [0.2, 0.25) is 0 Å². The maximum Gasteiger partial charge on any atom is 0.346 e. The summed E-state index contributed by atoms with van der Waals surface area (Å²) >= 11 is 3.38. The van der Waals surface area contributed by atoms with Crippen molar-refractivity contribution in [3.05, 3.63) is 123 Å². The summed E-state index contributed by atoms with van der Waals surface area (Å²) in [4.78, 5) is 20.2. The molecule has 2 heterocycles. The molecule has 242 valence electrons. The Balaban J connectivity index is 1.37. The van der Waals surface area contributed by atoms with Crippen LogP contribution in [0, 0.1) is 11.3 Å². The molecule has 5 nitrogen and oxygen atoms in total. The lowest BCUT2D eigenvalue weighted by Crippen LogP contribution is -2.22. The molecule has 0 atom stereocenters. The number of carboxylic acid groups (broad SMARTS) is 1. The zero-order chi connectivity index (χ0) is 34.2. The molecule has 2 aromatic heterocycles. The molecular weight excluding hydrogens is 631 g/mol. The Kier molecular flexibility index (Phi) is 9.15. The van der Waals surface area contributed by atoms with Gasteiger partial charge >= 0.3 is 5.97 Å². The maximum atomic E-state index is 11.5. The first-order chi connectivity index (χ1) is 23.1. The third-order valence-corrected chi connectivity index (χ3v) is 11.9. The maximum absolute atomic E-state index is 11.5. The third-order valence-electron chi connectivity index (χ3n) is 9.46. The molecule has 0 spiro atoms. The Labute approximate surface area is 291 Å². The van der Waals surface area contributed by atoms with Crippen LogP contribution in [0.25, 0.3) is 37.9 Å². The molecule has 48 heavy (non-hydrogen) atoms. The van der Waals surface area contributed by atoms with Crippen molar-refractivity contribution < 1.29 is 9.90 Å². The minimum atomic E-state index is -1.20. The number of rotatable bonds is 10. The summed E-state index contributed by atoms with van der Waals surface area (Å²) in [6.45, 7) is 4.46. The van der Waals surface area contributed by atoms with E-state index < -0.39 is 5.97 Å². The van der Waals surface area contributed by atoms with Gasteiger partial charge in [-0.25, -0.2) is 4.79 Å². The van der Waals surface area contributed by atoms with Crippen LogP contribution in [0.3, 0.4) is 0 Å². The zero-order valence-corrected chi connectivity index (χ0v) is 29.8. The molecule has 0 saturated carbocycles. The molecule has 0 saturated heterocycles. The van der Waals surface area contributed by atoms with Gasteiger partial charge in [0.25, 0.3) is 0 Å². The second kappa shape index (κ2) is 13.3. The topological polar surface area (TPSA) is 67.6 Å². The number of fused-ring (bicyclic) bond motifs is 3. The highest BCUT2D eigenvalue weighted by Crippen LogP contribution is 2.59. The van der Waals surface area contributed by atoms with Crippen LogP contribution in [0.15, 0.2) is 90.5 Å². The normalized spacial score (nSPS) is 13.0. The van der Waals surface area contributed by atoms with Crippen molar-refractivity contribution in [1.29, 1.82) is 5.26 Å². The minimum absolute atomic E-state index is 0.125. The number of carboxylic acids is 1. The molecule has 1 aliphatic rings. The molecule has 0 fully saturated rings. The smallest absolute Gasteiger partial charge is 0.346 e. The van der Waals surface area contributed by atoms with Crippen LogP contribution in [0.4, 0.5) is 11.4 Å². The second-order valence-corrected chi connectivity index (χ2v) is 14.7. The van der Waals surface area contributed by atoms with Gasteiger partial charge in [-0.15, -0.1) is 22.7 Å². The highest BCUT2D eigenvalue weighted by molar-refractivity contribution is 7.24. The van der Waals surface area contributed by atoms with Crippen molar-refractivity contribution in [3.8, 4) is 26.3 Å². The van der Waals surface area contributed by atoms with Crippen LogP contribution in [0.5, 0.6) is 0 Å². The van der Waals surface area contributed by atoms with E-state index >= 15 is 0 Å². The first-order valence-electron chi connectivity index (χ1n) is 16.1. The van der Waals surface area contributed by atoms with Gasteiger partial charge < -0.3 is 14.9 Å². The van der Waals surface area contributed by atoms with Gasteiger partial charge in [-0.2, -0.15) is 5.26 Å². The van der Waals surface area contributed by atoms with Crippen molar-refractivity contribution in [1.82, 2.24) is 0 Å². The SMILES string of the molecule is CCC1(CC)c2cc(/C=C(/C#N)C(=O)O)sc2-c2sc(-c3ccc(C=C(c4ccc(N(C)C)cc4)c4ccc(N(C)C)cc4)cc3)cc21. The molecule has 0 aliphatic heterocycles. The molecule has 6 rings (SSSR count). The summed E-state index contributed by atoms with van der Waals surface area (Å²) in [6, 6.07) is 32.5. The Hall–Kier alpha value is -4.90. The van der Waals surface area contributed by atoms with Crippen molar-refractivity contribution in [3.63, 3.8) is 0 Å². The highest BCUT2D eigenvalue weighted by Gasteiger charge is 2.43. The number of anilines is 2. The number of thiophene rings is 2. The number of benzene rings is 3. The summed E-state index contributed by atoms with van der Waals surface area (Å²) in [5.41, 5.74) is 10.4. The standard InChI is InChI=1S/C41H39N3O2S2/c1-7-41(8-2)35-23-33(22-30(25-42)40(45)46)47-38(35)39-36(41)24-37(48-39)29-11-9-26(10-12-29)21-34(27-13-17-31(18-14-27)43(3)4)28-15-19-32(20-16-28)44(5)6/h9-24H,7-8H2,1-6H3,(H,45,46)/b30-22-. The summed E-state index contributed by atoms with van der Waals surface area (Å²) < 4.78 is 0. The van der Waals surface area contributed by atoms with E-state index in [0.717, 1.165) is 34.7 Å². The van der Waals surface area contributed by atoms with Gasteiger partial charge in [0.15, 0.2) is 0 Å². The molecule has 0 bridgehead atoms. The largest absolute Gasteiger partial charge is 0.477 e. The van der Waals surface area contributed by atoms with E-state index in [4.69, 9.17) is 0 Å². The average Bonchev–Trinajstić information content (AvgIpc) is 3.78. The van der Waals surface area contributed by atoms with Gasteiger partial charge in [0.1, 0.15) is 11.6 Å². The van der Waals surface area contributed by atoms with Gasteiger partial charge in [0, 0.05) is 64.5 Å². The predicted molar refractivity (Wildman–Crippen MR) is 204 cm³/mol. The van der Waals surface area contributed by atoms with Crippen LogP contribution >= 0.6 is 22.7 Å². The number of aliphatic carboxylic acids is 1. The van der Waals surface area contributed by atoms with E-state index in [0.29, 0.717) is 0 Å². The van der Waals surface area contributed by atoms with E-state index in [-0.39, 0.29) is 11.0 Å². The number of nitrogens with zero attached hydrogens (tertiary/aromatic N) is 3. The van der Waals surface area contributed by atoms with Gasteiger partial charge in [0.2, 0.25) is 0 Å². The molecule has 0 amide bonds. The van der Waals surface area contributed by atoms with Gasteiger partial charge in [-0.1, -0.05) is 62.4 Å². The average molecular weight is 670 g/mol. The fourth-order valence-electron chi connectivity index (χ4n) is 6.63. The summed E-state index contributed by atoms with van der Waals surface area (Å²) in [5.74, 6) is -1.20. The van der Waals surface area contributed by atoms with E-state index in [1.54, 1.807) is 22.7 Å². The lowest BCUT2D eigenvalue weighted by Gasteiger charge is -2.28. The van der Waals surface area contributed by atoms with Crippen LogP contribution in [0.1, 0.15) is 59.4 Å². The van der Waals surface area contributed by atoms with Crippen molar-refractivity contribution >= 4 is 57.7 Å². The number of carbonyl (C=O) groups is 1. The Morgan fingerprint density at radius 2 is 1.29 bits per heavy atom. The fourth-order valence-corrected chi connectivity index (χ4v) is 9.25. The minimum Gasteiger partial charge on any atom is -0.477 e. The first-order valence-corrected chi connectivity index (χ1v) is 17.7. The van der Waals surface area contributed by atoms with E-state index in [1.807, 2.05) is 6.07 Å². The lowest BCUT2D eigenvalue weighted by atomic mass is 9.75. The fraction of sp³-hybridized carbons (Fsp3) is 0.220. The quantitative estimate of drug-likeness (QED) is 0.0911. The molecular formula is C41H39N3O2S2. The Bertz CT molecular complexity index is 2010. The first kappa shape index (κ1) is 33.0. The van der Waals surface area contributed by atoms with Gasteiger partial charge in [-0.3, -0.25) is 0 Å². The van der Waals surface area contributed by atoms with E-state index in [1.165, 1.54) is 54.1 Å². The zero-order valence-electron chi connectivity index (χ0n) is 28.2. The summed E-state index contributed by atoms with van der Waals surface area (Å²) in [6.07, 6.45) is 5.66. The van der Waals surface area contributed by atoms with Gasteiger partial charge in [-0.05, 0) is 100 Å². The molecule has 0 unspecified atom stereocenters. The lowest BCUT2D eigenvalue weighted by molar-refractivity contribution is -0.132. The number of hydrogen-bond donors (Lipinski definition) is 1. The van der Waals surface area contributed by atoms with Crippen molar-refractivity contribution in [2.24, 2.45) is 0 Å². The molecule has 3 aromatic carbocycles. The molecule has 1 aliphatic carbocycles. The number of nitriles is 1. The predicted octanol–water partition coefficient (Wildman–Crippen LogP) is 10.3. The Morgan fingerprint density at radius 3 is 1.77 bits per heavy atom. The number of hydrogen-bond acceptors (Lipinski definition) is 6. The Morgan fingerprint density at radius 1 is 0.771 bits per heavy atom. The molecule has 5 aromatic rings. The van der Waals surface area contributed by atoms with Crippen LogP contribution < -0.4 is 9.80 Å². The molecule has 0 radical (unpaired) electrons. The third kappa shape index (κ3) is 5.98. The van der Waals surface area contributed by atoms with Crippen molar-refractivity contribution in [2.45, 2.75) is 32.1 Å². The summed E-state index contributed by atoms with van der Waals surface area (Å²) in [5, 5.41) is 18.7. The van der Waals surface area contributed by atoms with Crippen LogP contribution in [-0.4, -0.2) is 39.3 Å². The van der Waals surface area contributed by atoms with Crippen molar-refractivity contribution in [2.75, 3.05) is 38.0 Å². The second-order valence-electron chi connectivity index (χ2n) is 12.6. The summed E-state index contributed by atoms with van der Waals surface area (Å²) in [7, 11) is 8.23. The molecule has 1 N–H and O–H groups in total. The van der Waals surface area contributed by atoms with E-state index in [2.05, 4.69) is 143 Å². The monoisotopic (exact) mass is 669 g/mol. The van der Waals surface area contributed by atoms with Gasteiger partial charge in [0.05, 0.1) is 0 Å². The highest BCUT2D eigenvalue weighted by atomic mass is 32.1. The van der Waals surface area contributed by atoms with E-state index in [9.17, 15) is 15.2 Å². The van der Waals surface area contributed by atoms with Crippen LogP contribution in [-0.2, 0) is 10.2 Å². The molecule has 7 heteroatoms.